The summed E-state index contributed by atoms with van der Waals surface area (Å²) in [5.74, 6) is -1.14. The Morgan fingerprint density at radius 2 is 1.83 bits per heavy atom. The van der Waals surface area contributed by atoms with E-state index >= 15 is 0 Å². The fourth-order valence-electron chi connectivity index (χ4n) is 3.70. The van der Waals surface area contributed by atoms with Crippen molar-refractivity contribution in [2.45, 2.75) is 25.1 Å². The van der Waals surface area contributed by atoms with Gasteiger partial charge in [-0.1, -0.05) is 36.4 Å². The number of aromatic nitrogens is 2. The number of aromatic amines is 1. The van der Waals surface area contributed by atoms with Gasteiger partial charge in [0, 0.05) is 0 Å². The molecule has 2 N–H and O–H groups in total. The summed E-state index contributed by atoms with van der Waals surface area (Å²) in [6.45, 7) is 2.13. The predicted octanol–water partition coefficient (Wildman–Crippen LogP) is 3.88. The molecule has 0 spiro atoms. The lowest BCUT2D eigenvalue weighted by Crippen LogP contribution is -2.38. The van der Waals surface area contributed by atoms with Crippen molar-refractivity contribution in [2.24, 2.45) is 0 Å². The summed E-state index contributed by atoms with van der Waals surface area (Å²) in [5.41, 5.74) is 2.06. The molecule has 3 aromatic rings. The molecular weight excluding hydrogens is 381 g/mol. The van der Waals surface area contributed by atoms with E-state index in [0.717, 1.165) is 31.5 Å². The molecule has 1 aliphatic heterocycles. The van der Waals surface area contributed by atoms with Gasteiger partial charge in [-0.2, -0.15) is 13.2 Å². The molecule has 5 nitrogen and oxygen atoms in total. The number of H-pyrrole nitrogens is 1. The van der Waals surface area contributed by atoms with Crippen LogP contribution in [0.2, 0.25) is 0 Å². The SMILES string of the molecule is O=C(CN1CCCC1)N[C@H](c1ccccc1)c1ccc2nc(C(F)(F)F)[nH]c2c1. The molecule has 1 atom stereocenters. The Morgan fingerprint density at radius 1 is 1.10 bits per heavy atom. The summed E-state index contributed by atoms with van der Waals surface area (Å²) >= 11 is 0. The third-order valence-corrected chi connectivity index (χ3v) is 5.11. The van der Waals surface area contributed by atoms with Gasteiger partial charge in [0.15, 0.2) is 0 Å². The number of alkyl halides is 3. The molecule has 0 bridgehead atoms. The van der Waals surface area contributed by atoms with Gasteiger partial charge < -0.3 is 10.3 Å². The number of nitrogens with one attached hydrogen (secondary N) is 2. The van der Waals surface area contributed by atoms with Crippen molar-refractivity contribution in [2.75, 3.05) is 19.6 Å². The van der Waals surface area contributed by atoms with Crippen LogP contribution in [0.15, 0.2) is 48.5 Å². The molecular formula is C21H21F3N4O. The third-order valence-electron chi connectivity index (χ3n) is 5.11. The first-order valence-electron chi connectivity index (χ1n) is 9.54. The molecule has 1 aromatic heterocycles. The first-order chi connectivity index (χ1) is 13.9. The number of fused-ring (bicyclic) bond motifs is 1. The van der Waals surface area contributed by atoms with Gasteiger partial charge in [-0.05, 0) is 49.2 Å². The average molecular weight is 402 g/mol. The molecule has 0 radical (unpaired) electrons. The minimum Gasteiger partial charge on any atom is -0.344 e. The maximum atomic E-state index is 13.0. The molecule has 4 rings (SSSR count). The van der Waals surface area contributed by atoms with Crippen LogP contribution in [0.25, 0.3) is 11.0 Å². The van der Waals surface area contributed by atoms with Gasteiger partial charge in [-0.15, -0.1) is 0 Å². The van der Waals surface area contributed by atoms with E-state index in [1.807, 2.05) is 30.3 Å². The summed E-state index contributed by atoms with van der Waals surface area (Å²) < 4.78 is 38.9. The Hall–Kier alpha value is -2.87. The first kappa shape index (κ1) is 19.4. The molecule has 8 heteroatoms. The van der Waals surface area contributed by atoms with Crippen molar-refractivity contribution in [1.82, 2.24) is 20.2 Å². The Bertz CT molecular complexity index is 994. The highest BCUT2D eigenvalue weighted by Gasteiger charge is 2.34. The van der Waals surface area contributed by atoms with E-state index in [1.165, 1.54) is 0 Å². The average Bonchev–Trinajstić information content (AvgIpc) is 3.35. The maximum absolute atomic E-state index is 13.0. The molecule has 0 saturated carbocycles. The van der Waals surface area contributed by atoms with Crippen LogP contribution in [-0.4, -0.2) is 40.4 Å². The first-order valence-corrected chi connectivity index (χ1v) is 9.54. The Morgan fingerprint density at radius 3 is 2.52 bits per heavy atom. The molecule has 29 heavy (non-hydrogen) atoms. The summed E-state index contributed by atoms with van der Waals surface area (Å²) in [6, 6.07) is 13.8. The highest BCUT2D eigenvalue weighted by Crippen LogP contribution is 2.30. The van der Waals surface area contributed by atoms with Crippen molar-refractivity contribution in [3.8, 4) is 0 Å². The van der Waals surface area contributed by atoms with Crippen molar-refractivity contribution in [1.29, 1.82) is 0 Å². The minimum atomic E-state index is -4.54. The molecule has 1 saturated heterocycles. The number of rotatable bonds is 5. The number of likely N-dealkylation sites (tertiary alicyclic amines) is 1. The molecule has 0 aliphatic carbocycles. The van der Waals surface area contributed by atoms with E-state index in [2.05, 4.69) is 20.2 Å². The number of hydrogen-bond donors (Lipinski definition) is 2. The van der Waals surface area contributed by atoms with Crippen LogP contribution in [0, 0.1) is 0 Å². The zero-order valence-corrected chi connectivity index (χ0v) is 15.7. The summed E-state index contributed by atoms with van der Waals surface area (Å²) in [5, 5.41) is 3.04. The molecule has 1 aliphatic rings. The van der Waals surface area contributed by atoms with Crippen molar-refractivity contribution >= 4 is 16.9 Å². The molecule has 2 heterocycles. The lowest BCUT2D eigenvalue weighted by atomic mass is 9.98. The standard InChI is InChI=1S/C21H21F3N4O/c22-21(23,24)20-25-16-9-8-15(12-17(16)26-20)19(14-6-2-1-3-7-14)27-18(29)13-28-10-4-5-11-28/h1-3,6-9,12,19H,4-5,10-11,13H2,(H,25,26)(H,27,29)/t19-/m1/s1. The van der Waals surface area contributed by atoms with E-state index in [9.17, 15) is 18.0 Å². The number of carbonyl (C=O) groups excluding carboxylic acids is 1. The van der Waals surface area contributed by atoms with E-state index < -0.39 is 18.0 Å². The topological polar surface area (TPSA) is 61.0 Å². The zero-order valence-electron chi connectivity index (χ0n) is 15.7. The quantitative estimate of drug-likeness (QED) is 0.681. The van der Waals surface area contributed by atoms with Gasteiger partial charge in [-0.25, -0.2) is 4.98 Å². The van der Waals surface area contributed by atoms with E-state index in [1.54, 1.807) is 18.2 Å². The molecule has 1 fully saturated rings. The third kappa shape index (κ3) is 4.42. The molecule has 0 unspecified atom stereocenters. The normalized spacial score (nSPS) is 16.2. The van der Waals surface area contributed by atoms with Crippen molar-refractivity contribution in [3.63, 3.8) is 0 Å². The number of imidazole rings is 1. The van der Waals surface area contributed by atoms with E-state index in [-0.39, 0.29) is 16.9 Å². The fourth-order valence-corrected chi connectivity index (χ4v) is 3.70. The van der Waals surface area contributed by atoms with Gasteiger partial charge >= 0.3 is 6.18 Å². The van der Waals surface area contributed by atoms with Gasteiger partial charge in [0.1, 0.15) is 0 Å². The van der Waals surface area contributed by atoms with Crippen molar-refractivity contribution in [3.05, 3.63) is 65.5 Å². The van der Waals surface area contributed by atoms with Crippen LogP contribution in [0.5, 0.6) is 0 Å². The summed E-state index contributed by atoms with van der Waals surface area (Å²) in [6.07, 6.45) is -2.36. The molecule has 2 aromatic carbocycles. The largest absolute Gasteiger partial charge is 0.449 e. The zero-order chi connectivity index (χ0) is 20.4. The Kier molecular flexibility index (Phi) is 5.27. The summed E-state index contributed by atoms with van der Waals surface area (Å²) in [4.78, 5) is 20.7. The number of nitrogens with zero attached hydrogens (tertiary/aromatic N) is 2. The smallest absolute Gasteiger partial charge is 0.344 e. The fraction of sp³-hybridized carbons (Fsp3) is 0.333. The predicted molar refractivity (Wildman–Crippen MR) is 103 cm³/mol. The second-order valence-corrected chi connectivity index (χ2v) is 7.25. The van der Waals surface area contributed by atoms with Crippen LogP contribution >= 0.6 is 0 Å². The summed E-state index contributed by atoms with van der Waals surface area (Å²) in [7, 11) is 0. The van der Waals surface area contributed by atoms with Crippen LogP contribution in [0.4, 0.5) is 13.2 Å². The van der Waals surface area contributed by atoms with Crippen LogP contribution in [-0.2, 0) is 11.0 Å². The monoisotopic (exact) mass is 402 g/mol. The van der Waals surface area contributed by atoms with Crippen molar-refractivity contribution < 1.29 is 18.0 Å². The second-order valence-electron chi connectivity index (χ2n) is 7.25. The maximum Gasteiger partial charge on any atom is 0.449 e. The van der Waals surface area contributed by atoms with Crippen LogP contribution in [0.3, 0.4) is 0 Å². The molecule has 1 amide bonds. The lowest BCUT2D eigenvalue weighted by Gasteiger charge is -2.22. The van der Waals surface area contributed by atoms with E-state index in [4.69, 9.17) is 0 Å². The molecule has 152 valence electrons. The van der Waals surface area contributed by atoms with E-state index in [0.29, 0.717) is 12.1 Å². The number of benzene rings is 2. The van der Waals surface area contributed by atoms with Gasteiger partial charge in [-0.3, -0.25) is 9.69 Å². The number of carbonyl (C=O) groups is 1. The highest BCUT2D eigenvalue weighted by atomic mass is 19.4. The number of halogens is 3. The van der Waals surface area contributed by atoms with Crippen LogP contribution < -0.4 is 5.32 Å². The van der Waals surface area contributed by atoms with Gasteiger partial charge in [0.05, 0.1) is 23.6 Å². The number of amides is 1. The Balaban J connectivity index is 1.64. The number of hydrogen-bond acceptors (Lipinski definition) is 3. The Labute approximate surface area is 165 Å². The highest BCUT2D eigenvalue weighted by molar-refractivity contribution is 5.80. The van der Waals surface area contributed by atoms with Gasteiger partial charge in [0.2, 0.25) is 11.7 Å². The van der Waals surface area contributed by atoms with Gasteiger partial charge in [0.25, 0.3) is 0 Å². The minimum absolute atomic E-state index is 0.110. The second kappa shape index (κ2) is 7.87. The van der Waals surface area contributed by atoms with Crippen LogP contribution in [0.1, 0.15) is 35.8 Å². The lowest BCUT2D eigenvalue weighted by molar-refractivity contribution is -0.144.